The number of esters is 1. The van der Waals surface area contributed by atoms with Crippen molar-refractivity contribution in [2.75, 3.05) is 0 Å². The lowest BCUT2D eigenvalue weighted by molar-refractivity contribution is -0.139. The van der Waals surface area contributed by atoms with Gasteiger partial charge in [-0.2, -0.15) is 0 Å². The summed E-state index contributed by atoms with van der Waals surface area (Å²) in [5, 5.41) is 31.7. The third-order valence-corrected chi connectivity index (χ3v) is 4.92. The molecule has 8 nitrogen and oxygen atoms in total. The van der Waals surface area contributed by atoms with Crippen molar-refractivity contribution in [1.82, 2.24) is 5.32 Å². The summed E-state index contributed by atoms with van der Waals surface area (Å²) < 4.78 is 5.09. The molecule has 0 spiro atoms. The number of fused-ring (bicyclic) bond motifs is 1. The Hall–Kier alpha value is -3.26. The Bertz CT molecular complexity index is 987. The summed E-state index contributed by atoms with van der Waals surface area (Å²) in [5.74, 6) is -3.56. The van der Waals surface area contributed by atoms with Gasteiger partial charge in [0.15, 0.2) is 0 Å². The monoisotopic (exact) mass is 419 g/mol. The van der Waals surface area contributed by atoms with Crippen LogP contribution in [0.4, 0.5) is 0 Å². The largest absolute Gasteiger partial charge is 0.508 e. The Morgan fingerprint density at radius 2 is 1.93 bits per heavy atom. The number of aromatic hydroxyl groups is 2. The van der Waals surface area contributed by atoms with Crippen LogP contribution in [0.1, 0.15) is 38.8 Å². The molecule has 1 amide bonds. The first kappa shape index (κ1) is 20.5. The molecule has 2 atom stereocenters. The van der Waals surface area contributed by atoms with Crippen LogP contribution in [0.25, 0.3) is 0 Å². The fourth-order valence-corrected chi connectivity index (χ4v) is 3.43. The van der Waals surface area contributed by atoms with E-state index in [0.29, 0.717) is 11.1 Å². The highest BCUT2D eigenvalue weighted by Crippen LogP contribution is 2.36. The van der Waals surface area contributed by atoms with Crippen LogP contribution >= 0.6 is 11.6 Å². The van der Waals surface area contributed by atoms with E-state index in [0.717, 1.165) is 0 Å². The molecule has 0 saturated carbocycles. The van der Waals surface area contributed by atoms with E-state index in [4.69, 9.17) is 16.3 Å². The lowest BCUT2D eigenvalue weighted by Crippen LogP contribution is -2.42. The van der Waals surface area contributed by atoms with Crippen LogP contribution in [0.3, 0.4) is 0 Å². The molecular weight excluding hydrogens is 402 g/mol. The number of cyclic esters (lactones) is 1. The molecule has 4 N–H and O–H groups in total. The maximum absolute atomic E-state index is 12.6. The predicted molar refractivity (Wildman–Crippen MR) is 102 cm³/mol. The number of hydrogen-bond donors (Lipinski definition) is 4. The molecule has 1 aliphatic rings. The number of amides is 1. The van der Waals surface area contributed by atoms with Gasteiger partial charge < -0.3 is 25.4 Å². The lowest BCUT2D eigenvalue weighted by Gasteiger charge is -2.24. The summed E-state index contributed by atoms with van der Waals surface area (Å²) in [6, 6.07) is 5.75. The second kappa shape index (κ2) is 8.00. The van der Waals surface area contributed by atoms with E-state index in [-0.39, 0.29) is 34.7 Å². The summed E-state index contributed by atoms with van der Waals surface area (Å²) in [4.78, 5) is 36.4. The van der Waals surface area contributed by atoms with Gasteiger partial charge in [0.05, 0.1) is 5.56 Å². The van der Waals surface area contributed by atoms with Crippen LogP contribution in [0.2, 0.25) is 5.02 Å². The summed E-state index contributed by atoms with van der Waals surface area (Å²) >= 11 is 6.20. The Balaban J connectivity index is 1.88. The molecule has 2 aromatic rings. The molecule has 3 rings (SSSR count). The SMILES string of the molecule is CC1Cc2c(Cl)cc(C(=O)NC(Cc3ccc(O)cc3)C(=O)O)c(O)c2C(=O)O1. The minimum atomic E-state index is -1.31. The third kappa shape index (κ3) is 4.27. The Labute approximate surface area is 170 Å². The van der Waals surface area contributed by atoms with E-state index in [9.17, 15) is 29.7 Å². The highest BCUT2D eigenvalue weighted by Gasteiger charge is 2.33. The Morgan fingerprint density at radius 3 is 2.55 bits per heavy atom. The fraction of sp³-hybridized carbons (Fsp3) is 0.250. The quantitative estimate of drug-likeness (QED) is 0.546. The third-order valence-electron chi connectivity index (χ3n) is 4.58. The van der Waals surface area contributed by atoms with Crippen molar-refractivity contribution in [1.29, 1.82) is 0 Å². The Morgan fingerprint density at radius 1 is 1.28 bits per heavy atom. The van der Waals surface area contributed by atoms with Crippen LogP contribution in [0, 0.1) is 0 Å². The first-order valence-corrected chi connectivity index (χ1v) is 9.12. The van der Waals surface area contributed by atoms with Crippen LogP contribution in [-0.4, -0.2) is 45.3 Å². The van der Waals surface area contributed by atoms with Crippen molar-refractivity contribution < 1.29 is 34.4 Å². The van der Waals surface area contributed by atoms with Gasteiger partial charge in [-0.15, -0.1) is 0 Å². The predicted octanol–water partition coefficient (Wildman–Crippen LogP) is 2.28. The number of carboxylic acid groups (broad SMARTS) is 1. The van der Waals surface area contributed by atoms with E-state index >= 15 is 0 Å². The fourth-order valence-electron chi connectivity index (χ4n) is 3.15. The van der Waals surface area contributed by atoms with E-state index in [1.54, 1.807) is 6.92 Å². The van der Waals surface area contributed by atoms with Crippen LogP contribution < -0.4 is 5.32 Å². The first-order chi connectivity index (χ1) is 13.7. The molecule has 29 heavy (non-hydrogen) atoms. The molecule has 1 aliphatic heterocycles. The number of benzene rings is 2. The highest BCUT2D eigenvalue weighted by molar-refractivity contribution is 6.32. The topological polar surface area (TPSA) is 133 Å². The summed E-state index contributed by atoms with van der Waals surface area (Å²) in [6.07, 6.45) is -0.192. The number of halogens is 1. The zero-order valence-corrected chi connectivity index (χ0v) is 16.1. The van der Waals surface area contributed by atoms with Gasteiger partial charge in [0.25, 0.3) is 5.91 Å². The number of carbonyl (C=O) groups excluding carboxylic acids is 2. The molecule has 9 heteroatoms. The van der Waals surface area contributed by atoms with E-state index < -0.39 is 35.7 Å². The molecule has 152 valence electrons. The van der Waals surface area contributed by atoms with Crippen molar-refractivity contribution in [2.45, 2.75) is 31.9 Å². The normalized spacial score (nSPS) is 16.5. The maximum Gasteiger partial charge on any atom is 0.342 e. The lowest BCUT2D eigenvalue weighted by atomic mass is 9.95. The number of hydrogen-bond acceptors (Lipinski definition) is 6. The summed E-state index contributed by atoms with van der Waals surface area (Å²) in [5.41, 5.74) is 0.437. The number of nitrogens with one attached hydrogen (secondary N) is 1. The van der Waals surface area contributed by atoms with Crippen LogP contribution in [0.15, 0.2) is 30.3 Å². The second-order valence-corrected chi connectivity index (χ2v) is 7.17. The molecule has 2 unspecified atom stereocenters. The first-order valence-electron chi connectivity index (χ1n) is 8.74. The molecule has 0 bridgehead atoms. The van der Waals surface area contributed by atoms with Gasteiger partial charge in [-0.3, -0.25) is 4.79 Å². The van der Waals surface area contributed by atoms with Gasteiger partial charge in [-0.1, -0.05) is 23.7 Å². The van der Waals surface area contributed by atoms with Crippen LogP contribution in [-0.2, 0) is 22.4 Å². The van der Waals surface area contributed by atoms with Crippen molar-refractivity contribution in [3.63, 3.8) is 0 Å². The molecule has 0 aliphatic carbocycles. The van der Waals surface area contributed by atoms with Crippen molar-refractivity contribution in [3.8, 4) is 11.5 Å². The highest BCUT2D eigenvalue weighted by atomic mass is 35.5. The van der Waals surface area contributed by atoms with Gasteiger partial charge in [-0.25, -0.2) is 9.59 Å². The number of ether oxygens (including phenoxy) is 1. The number of phenolic OH excluding ortho intramolecular Hbond substituents is 2. The molecule has 0 aromatic heterocycles. The maximum atomic E-state index is 12.6. The molecule has 0 radical (unpaired) electrons. The average molecular weight is 420 g/mol. The average Bonchev–Trinajstić information content (AvgIpc) is 2.65. The number of carbonyl (C=O) groups is 3. The zero-order chi connectivity index (χ0) is 21.3. The van der Waals surface area contributed by atoms with E-state index in [1.165, 1.54) is 30.3 Å². The van der Waals surface area contributed by atoms with Crippen molar-refractivity contribution in [3.05, 3.63) is 57.6 Å². The van der Waals surface area contributed by atoms with Crippen molar-refractivity contribution in [2.24, 2.45) is 0 Å². The van der Waals surface area contributed by atoms with Gasteiger partial charge >= 0.3 is 11.9 Å². The zero-order valence-electron chi connectivity index (χ0n) is 15.3. The number of aliphatic carboxylic acids is 1. The number of carboxylic acids is 1. The molecule has 0 saturated heterocycles. The van der Waals surface area contributed by atoms with E-state index in [1.807, 2.05) is 0 Å². The van der Waals surface area contributed by atoms with Gasteiger partial charge in [0, 0.05) is 17.9 Å². The van der Waals surface area contributed by atoms with E-state index in [2.05, 4.69) is 5.32 Å². The molecular formula is C20H18ClNO7. The molecule has 0 fully saturated rings. The van der Waals surface area contributed by atoms with Crippen molar-refractivity contribution >= 4 is 29.4 Å². The summed E-state index contributed by atoms with van der Waals surface area (Å²) in [6.45, 7) is 1.68. The van der Waals surface area contributed by atoms with Gasteiger partial charge in [0.2, 0.25) is 0 Å². The second-order valence-electron chi connectivity index (χ2n) is 6.76. The number of phenols is 2. The minimum absolute atomic E-state index is 0.0273. The van der Waals surface area contributed by atoms with Gasteiger partial charge in [0.1, 0.15) is 29.2 Å². The minimum Gasteiger partial charge on any atom is -0.508 e. The number of rotatable bonds is 5. The molecule has 1 heterocycles. The molecule has 2 aromatic carbocycles. The Kier molecular flexibility index (Phi) is 5.65. The standard InChI is InChI=1S/C20H18ClNO7/c1-9-6-12-14(21)8-13(17(24)16(12)20(28)29-9)18(25)22-15(19(26)27)7-10-2-4-11(23)5-3-10/h2-5,8-9,15,23-24H,6-7H2,1H3,(H,22,25)(H,26,27). The summed E-state index contributed by atoms with van der Waals surface area (Å²) in [7, 11) is 0. The smallest absolute Gasteiger partial charge is 0.342 e. The van der Waals surface area contributed by atoms with Crippen LogP contribution in [0.5, 0.6) is 11.5 Å². The van der Waals surface area contributed by atoms with Gasteiger partial charge in [-0.05, 0) is 36.2 Å².